The summed E-state index contributed by atoms with van der Waals surface area (Å²) in [6.07, 6.45) is 5.50. The Balaban J connectivity index is 1.79. The summed E-state index contributed by atoms with van der Waals surface area (Å²) < 4.78 is 7.20. The largest absolute Gasteiger partial charge is 0.488 e. The van der Waals surface area contributed by atoms with E-state index in [0.29, 0.717) is 30.5 Å². The minimum atomic E-state index is -0.174. The van der Waals surface area contributed by atoms with Crippen molar-refractivity contribution in [1.29, 1.82) is 0 Å². The summed E-state index contributed by atoms with van der Waals surface area (Å²) in [6.45, 7) is 9.15. The highest BCUT2D eigenvalue weighted by Gasteiger charge is 2.25. The molecular weight excluding hydrogens is 398 g/mol. The van der Waals surface area contributed by atoms with Crippen LogP contribution in [0.4, 0.5) is 0 Å². The predicted molar refractivity (Wildman–Crippen MR) is 121 cm³/mol. The average Bonchev–Trinajstić information content (AvgIpc) is 3.06. The van der Waals surface area contributed by atoms with Crippen LogP contribution in [0, 0.1) is 5.92 Å². The van der Waals surface area contributed by atoms with Crippen LogP contribution in [-0.4, -0.2) is 21.1 Å². The normalized spacial score (nSPS) is 16.2. The van der Waals surface area contributed by atoms with E-state index < -0.39 is 0 Å². The van der Waals surface area contributed by atoms with E-state index in [1.165, 1.54) is 16.5 Å². The van der Waals surface area contributed by atoms with E-state index in [-0.39, 0.29) is 16.9 Å². The van der Waals surface area contributed by atoms with Gasteiger partial charge in [0.05, 0.1) is 18.5 Å². The number of ether oxygens (including phenoxy) is 1. The molecular formula is C23H29N3O3S. The van der Waals surface area contributed by atoms with Crippen molar-refractivity contribution in [1.82, 2.24) is 14.5 Å². The minimum absolute atomic E-state index is 0.00270. The molecule has 160 valence electrons. The van der Waals surface area contributed by atoms with Gasteiger partial charge in [0.15, 0.2) is 5.75 Å². The number of rotatable bonds is 6. The Bertz CT molecular complexity index is 1190. The Morgan fingerprint density at radius 1 is 1.37 bits per heavy atom. The third-order valence-electron chi connectivity index (χ3n) is 5.69. The van der Waals surface area contributed by atoms with Crippen LogP contribution in [0.15, 0.2) is 21.9 Å². The molecule has 3 heterocycles. The molecule has 6 nitrogen and oxygen atoms in total. The van der Waals surface area contributed by atoms with Gasteiger partial charge in [-0.2, -0.15) is 0 Å². The number of H-pyrrole nitrogens is 1. The van der Waals surface area contributed by atoms with Gasteiger partial charge >= 0.3 is 0 Å². The molecule has 0 saturated carbocycles. The molecule has 30 heavy (non-hydrogen) atoms. The van der Waals surface area contributed by atoms with Gasteiger partial charge in [-0.25, -0.2) is 4.98 Å². The van der Waals surface area contributed by atoms with Crippen LogP contribution in [-0.2, 0) is 19.4 Å². The summed E-state index contributed by atoms with van der Waals surface area (Å²) in [6, 6.07) is 1.52. The number of nitrogens with zero attached hydrogens (tertiary/aromatic N) is 2. The van der Waals surface area contributed by atoms with Gasteiger partial charge in [-0.3, -0.25) is 14.2 Å². The number of aromatic nitrogens is 3. The van der Waals surface area contributed by atoms with E-state index in [1.807, 2.05) is 20.8 Å². The Labute approximate surface area is 179 Å². The second kappa shape index (κ2) is 8.38. The Kier molecular flexibility index (Phi) is 5.82. The van der Waals surface area contributed by atoms with Crippen LogP contribution in [0.25, 0.3) is 10.2 Å². The fraction of sp³-hybridized carbons (Fsp3) is 0.522. The first-order valence-corrected chi connectivity index (χ1v) is 11.6. The molecule has 1 aliphatic carbocycles. The lowest BCUT2D eigenvalue weighted by molar-refractivity contribution is 0.313. The van der Waals surface area contributed by atoms with Crippen LogP contribution in [0.3, 0.4) is 0 Å². The number of aromatic amines is 1. The van der Waals surface area contributed by atoms with E-state index >= 15 is 0 Å². The fourth-order valence-electron chi connectivity index (χ4n) is 4.12. The number of hydrogen-bond acceptors (Lipinski definition) is 5. The third-order valence-corrected chi connectivity index (χ3v) is 6.84. The van der Waals surface area contributed by atoms with E-state index in [4.69, 9.17) is 9.72 Å². The van der Waals surface area contributed by atoms with Gasteiger partial charge < -0.3 is 9.72 Å². The van der Waals surface area contributed by atoms with Crippen LogP contribution >= 0.6 is 11.3 Å². The SMILES string of the molecule is CCCOc1c[nH]c(Cn2c(C(C)C)nc3sc4c(c3c2=O)CCC(C)C4)cc1=O. The molecule has 0 saturated heterocycles. The quantitative estimate of drug-likeness (QED) is 0.639. The highest BCUT2D eigenvalue weighted by atomic mass is 32.1. The predicted octanol–water partition coefficient (Wildman–Crippen LogP) is 4.23. The van der Waals surface area contributed by atoms with E-state index in [0.717, 1.165) is 41.7 Å². The zero-order valence-electron chi connectivity index (χ0n) is 18.1. The molecule has 4 rings (SSSR count). The molecule has 0 aromatic carbocycles. The number of nitrogens with one attached hydrogen (secondary N) is 1. The monoisotopic (exact) mass is 427 g/mol. The first-order valence-electron chi connectivity index (χ1n) is 10.8. The molecule has 0 radical (unpaired) electrons. The van der Waals surface area contributed by atoms with Gasteiger partial charge in [0.2, 0.25) is 5.43 Å². The summed E-state index contributed by atoms with van der Waals surface area (Å²) in [4.78, 5) is 36.2. The summed E-state index contributed by atoms with van der Waals surface area (Å²) in [5.74, 6) is 1.81. The molecule has 0 bridgehead atoms. The number of aryl methyl sites for hydroxylation is 1. The maximum Gasteiger partial charge on any atom is 0.262 e. The van der Waals surface area contributed by atoms with Crippen LogP contribution in [0.2, 0.25) is 0 Å². The molecule has 1 atom stereocenters. The maximum absolute atomic E-state index is 13.6. The first kappa shape index (κ1) is 20.8. The van der Waals surface area contributed by atoms with Gasteiger partial charge in [0.1, 0.15) is 10.7 Å². The lowest BCUT2D eigenvalue weighted by Crippen LogP contribution is -2.28. The fourth-order valence-corrected chi connectivity index (χ4v) is 5.50. The lowest BCUT2D eigenvalue weighted by Gasteiger charge is -2.18. The van der Waals surface area contributed by atoms with Crippen molar-refractivity contribution in [2.75, 3.05) is 6.61 Å². The van der Waals surface area contributed by atoms with Gasteiger partial charge in [-0.05, 0) is 37.2 Å². The second-order valence-electron chi connectivity index (χ2n) is 8.58. The van der Waals surface area contributed by atoms with E-state index in [9.17, 15) is 9.59 Å². The molecule has 0 amide bonds. The molecule has 7 heteroatoms. The second-order valence-corrected chi connectivity index (χ2v) is 9.67. The van der Waals surface area contributed by atoms with E-state index in [2.05, 4.69) is 11.9 Å². The maximum atomic E-state index is 13.6. The zero-order valence-corrected chi connectivity index (χ0v) is 18.9. The number of fused-ring (bicyclic) bond motifs is 3. The highest BCUT2D eigenvalue weighted by molar-refractivity contribution is 7.18. The summed E-state index contributed by atoms with van der Waals surface area (Å²) in [5.41, 5.74) is 1.69. The number of hydrogen-bond donors (Lipinski definition) is 1. The number of pyridine rings is 1. The molecule has 0 spiro atoms. The standard InChI is InChI=1S/C23H29N3O3S/c1-5-8-29-18-11-24-15(10-17(18)27)12-26-21(13(2)3)25-22-20(23(26)28)16-7-6-14(4)9-19(16)30-22/h10-11,13-14H,5-9,12H2,1-4H3,(H,24,27). The van der Waals surface area contributed by atoms with Gasteiger partial charge in [-0.1, -0.05) is 27.7 Å². The molecule has 1 N–H and O–H groups in total. The topological polar surface area (TPSA) is 77.0 Å². The first-order chi connectivity index (χ1) is 14.4. The Morgan fingerprint density at radius 3 is 2.87 bits per heavy atom. The summed E-state index contributed by atoms with van der Waals surface area (Å²) in [5, 5.41) is 0.775. The van der Waals surface area contributed by atoms with Crippen molar-refractivity contribution in [3.05, 3.63) is 54.8 Å². The van der Waals surface area contributed by atoms with Crippen molar-refractivity contribution in [2.24, 2.45) is 5.92 Å². The van der Waals surface area contributed by atoms with E-state index in [1.54, 1.807) is 22.1 Å². The highest BCUT2D eigenvalue weighted by Crippen LogP contribution is 2.36. The summed E-state index contributed by atoms with van der Waals surface area (Å²) in [7, 11) is 0. The number of thiophene rings is 1. The van der Waals surface area contributed by atoms with Crippen LogP contribution < -0.4 is 15.7 Å². The van der Waals surface area contributed by atoms with Gasteiger partial charge in [-0.15, -0.1) is 11.3 Å². The zero-order chi connectivity index (χ0) is 21.4. The average molecular weight is 428 g/mol. The molecule has 1 aliphatic rings. The Hall–Kier alpha value is -2.41. The van der Waals surface area contributed by atoms with Crippen LogP contribution in [0.1, 0.15) is 68.4 Å². The smallest absolute Gasteiger partial charge is 0.262 e. The molecule has 3 aromatic heterocycles. The molecule has 3 aromatic rings. The third kappa shape index (κ3) is 3.83. The van der Waals surface area contributed by atoms with Gasteiger partial charge in [0, 0.05) is 28.8 Å². The Morgan fingerprint density at radius 2 is 2.17 bits per heavy atom. The summed E-state index contributed by atoms with van der Waals surface area (Å²) >= 11 is 1.68. The van der Waals surface area contributed by atoms with Crippen molar-refractivity contribution >= 4 is 21.6 Å². The van der Waals surface area contributed by atoms with Crippen molar-refractivity contribution < 1.29 is 4.74 Å². The minimum Gasteiger partial charge on any atom is -0.488 e. The van der Waals surface area contributed by atoms with Crippen molar-refractivity contribution in [3.8, 4) is 5.75 Å². The van der Waals surface area contributed by atoms with Gasteiger partial charge in [0.25, 0.3) is 5.56 Å². The molecule has 1 unspecified atom stereocenters. The van der Waals surface area contributed by atoms with Crippen molar-refractivity contribution in [3.63, 3.8) is 0 Å². The van der Waals surface area contributed by atoms with Crippen LogP contribution in [0.5, 0.6) is 5.75 Å². The molecule has 0 fully saturated rings. The molecule has 0 aliphatic heterocycles. The van der Waals surface area contributed by atoms with Crippen molar-refractivity contribution in [2.45, 2.75) is 65.8 Å². The lowest BCUT2D eigenvalue weighted by atomic mass is 9.89.